The molecule has 0 N–H and O–H groups in total. The lowest BCUT2D eigenvalue weighted by molar-refractivity contribution is 1.17. The van der Waals surface area contributed by atoms with Crippen LogP contribution in [-0.4, -0.2) is 19.5 Å². The molecule has 1 aliphatic carbocycles. The minimum Gasteiger partial charge on any atom is -0.309 e. The van der Waals surface area contributed by atoms with E-state index in [0.29, 0.717) is 0 Å². The smallest absolute Gasteiger partial charge is 0.0708 e. The van der Waals surface area contributed by atoms with Crippen molar-refractivity contribution in [3.63, 3.8) is 0 Å². The van der Waals surface area contributed by atoms with Crippen LogP contribution in [0.4, 0.5) is 0 Å². The van der Waals surface area contributed by atoms with Crippen LogP contribution in [0.3, 0.4) is 0 Å². The monoisotopic (exact) mass is 696 g/mol. The van der Waals surface area contributed by atoms with E-state index in [1.165, 1.54) is 55.2 Å². The molecule has 0 fully saturated rings. The molecule has 0 radical (unpaired) electrons. The van der Waals surface area contributed by atoms with E-state index in [2.05, 4.69) is 137 Å². The maximum absolute atomic E-state index is 4.76. The third-order valence-electron chi connectivity index (χ3n) is 10.00. The van der Waals surface area contributed by atoms with Gasteiger partial charge in [0.25, 0.3) is 0 Å². The Hall–Kier alpha value is -6.91. The summed E-state index contributed by atoms with van der Waals surface area (Å²) in [5.74, 6) is 0. The number of hydrogen-bond acceptors (Lipinski definition) is 3. The second-order valence-corrected chi connectivity index (χ2v) is 13.3. The SMILES string of the molecule is C.C=CC.c1ccc(-c2ccccc2-c2ccc3c(c2)c2ccccc2n3-c2ccc3c(c2)-c2cc(-c4ccccn4)c(-c4ccccn4)cc2C3)nc1. The van der Waals surface area contributed by atoms with Gasteiger partial charge in [-0.25, -0.2) is 0 Å². The predicted molar refractivity (Wildman–Crippen MR) is 227 cm³/mol. The van der Waals surface area contributed by atoms with Crippen LogP contribution in [0.25, 0.3) is 83.5 Å². The summed E-state index contributed by atoms with van der Waals surface area (Å²) in [4.78, 5) is 14.2. The molecule has 0 unspecified atom stereocenters. The lowest BCUT2D eigenvalue weighted by Crippen LogP contribution is -1.95. The molecule has 9 aromatic rings. The quantitative estimate of drug-likeness (QED) is 0.168. The van der Waals surface area contributed by atoms with Gasteiger partial charge in [0, 0.05) is 51.7 Å². The summed E-state index contributed by atoms with van der Waals surface area (Å²) in [6, 6.07) is 54.1. The lowest BCUT2D eigenvalue weighted by Gasteiger charge is -2.14. The topological polar surface area (TPSA) is 43.6 Å². The molecule has 0 amide bonds. The van der Waals surface area contributed by atoms with Crippen molar-refractivity contribution in [3.05, 3.63) is 194 Å². The molecular formula is C50H40N4. The van der Waals surface area contributed by atoms with Crippen LogP contribution in [0, 0.1) is 0 Å². The van der Waals surface area contributed by atoms with Crippen LogP contribution in [0.5, 0.6) is 0 Å². The van der Waals surface area contributed by atoms with Gasteiger partial charge in [-0.3, -0.25) is 15.0 Å². The van der Waals surface area contributed by atoms with Gasteiger partial charge in [-0.15, -0.1) is 6.58 Å². The van der Waals surface area contributed by atoms with Crippen LogP contribution < -0.4 is 0 Å². The molecule has 0 aliphatic heterocycles. The van der Waals surface area contributed by atoms with Crippen molar-refractivity contribution in [3.8, 4) is 61.7 Å². The van der Waals surface area contributed by atoms with Crippen molar-refractivity contribution in [2.24, 2.45) is 0 Å². The highest BCUT2D eigenvalue weighted by Gasteiger charge is 2.24. The molecule has 54 heavy (non-hydrogen) atoms. The number of benzene rings is 5. The Balaban J connectivity index is 0.00000100. The van der Waals surface area contributed by atoms with Crippen molar-refractivity contribution in [2.45, 2.75) is 20.8 Å². The van der Waals surface area contributed by atoms with E-state index in [1.54, 1.807) is 6.08 Å². The molecule has 4 heteroatoms. The summed E-state index contributed by atoms with van der Waals surface area (Å²) in [7, 11) is 0. The van der Waals surface area contributed by atoms with E-state index in [-0.39, 0.29) is 7.43 Å². The lowest BCUT2D eigenvalue weighted by atomic mass is 9.94. The van der Waals surface area contributed by atoms with Crippen LogP contribution in [0.15, 0.2) is 183 Å². The van der Waals surface area contributed by atoms with Gasteiger partial charge in [-0.1, -0.05) is 86.3 Å². The largest absolute Gasteiger partial charge is 0.309 e. The maximum atomic E-state index is 4.76. The summed E-state index contributed by atoms with van der Waals surface area (Å²) >= 11 is 0. The average Bonchev–Trinajstić information content (AvgIpc) is 3.76. The Morgan fingerprint density at radius 1 is 0.481 bits per heavy atom. The molecule has 0 bridgehead atoms. The van der Waals surface area contributed by atoms with Gasteiger partial charge in [-0.2, -0.15) is 0 Å². The second kappa shape index (κ2) is 14.6. The third-order valence-corrected chi connectivity index (χ3v) is 10.00. The maximum Gasteiger partial charge on any atom is 0.0708 e. The molecule has 0 saturated heterocycles. The molecule has 0 atom stereocenters. The highest BCUT2D eigenvalue weighted by atomic mass is 15.0. The summed E-state index contributed by atoms with van der Waals surface area (Å²) in [5.41, 5.74) is 17.3. The molecule has 4 heterocycles. The molecular weight excluding hydrogens is 657 g/mol. The fourth-order valence-corrected chi connectivity index (χ4v) is 7.72. The van der Waals surface area contributed by atoms with E-state index in [0.717, 1.165) is 45.9 Å². The van der Waals surface area contributed by atoms with Crippen LogP contribution in [0.1, 0.15) is 25.5 Å². The zero-order valence-corrected chi connectivity index (χ0v) is 29.4. The Labute approximate surface area is 316 Å². The van der Waals surface area contributed by atoms with E-state index in [9.17, 15) is 0 Å². The first-order chi connectivity index (χ1) is 26.2. The summed E-state index contributed by atoms with van der Waals surface area (Å²) < 4.78 is 2.42. The van der Waals surface area contributed by atoms with E-state index in [1.807, 2.05) is 55.8 Å². The van der Waals surface area contributed by atoms with E-state index >= 15 is 0 Å². The summed E-state index contributed by atoms with van der Waals surface area (Å²) in [6.45, 7) is 5.25. The van der Waals surface area contributed by atoms with Gasteiger partial charge in [0.2, 0.25) is 0 Å². The number of aromatic nitrogens is 4. The molecule has 4 nitrogen and oxygen atoms in total. The number of nitrogens with zero attached hydrogens (tertiary/aromatic N) is 4. The van der Waals surface area contributed by atoms with Crippen LogP contribution in [-0.2, 0) is 6.42 Å². The van der Waals surface area contributed by atoms with Gasteiger partial charge < -0.3 is 4.57 Å². The molecule has 260 valence electrons. The minimum absolute atomic E-state index is 0. The van der Waals surface area contributed by atoms with Crippen molar-refractivity contribution in [2.75, 3.05) is 0 Å². The van der Waals surface area contributed by atoms with Crippen molar-refractivity contribution >= 4 is 21.8 Å². The van der Waals surface area contributed by atoms with E-state index < -0.39 is 0 Å². The average molecular weight is 697 g/mol. The second-order valence-electron chi connectivity index (χ2n) is 13.3. The number of fused-ring (bicyclic) bond motifs is 6. The predicted octanol–water partition coefficient (Wildman–Crippen LogP) is 13.0. The first-order valence-corrected chi connectivity index (χ1v) is 18.0. The molecule has 4 aromatic heterocycles. The number of rotatable bonds is 5. The third kappa shape index (κ3) is 5.98. The zero-order chi connectivity index (χ0) is 35.7. The first kappa shape index (κ1) is 34.2. The highest BCUT2D eigenvalue weighted by molar-refractivity contribution is 6.11. The Kier molecular flexibility index (Phi) is 9.25. The van der Waals surface area contributed by atoms with Gasteiger partial charge >= 0.3 is 0 Å². The number of hydrogen-bond donors (Lipinski definition) is 0. The van der Waals surface area contributed by atoms with Gasteiger partial charge in [0.05, 0.1) is 28.1 Å². The minimum atomic E-state index is 0. The van der Waals surface area contributed by atoms with Crippen LogP contribution in [0.2, 0.25) is 0 Å². The molecule has 0 saturated carbocycles. The van der Waals surface area contributed by atoms with Crippen molar-refractivity contribution in [1.82, 2.24) is 19.5 Å². The first-order valence-electron chi connectivity index (χ1n) is 18.0. The standard InChI is InChI=1S/C46H30N4.C3H6.CH4/c1-2-12-35(42-14-5-8-22-47-42)34(11-1)31-19-21-46-41(26-31)36-13-3-4-17-45(36)50(46)33-20-18-30-25-32-27-39(43-15-6-9-23-48-43)40(29-38(32)37(30)28-33)44-16-7-10-24-49-44;1-3-2;/h1-24,26-29H,25H2;3H,1H2,2H3;1H4. The molecule has 5 aromatic carbocycles. The van der Waals surface area contributed by atoms with Gasteiger partial charge in [-0.05, 0) is 126 Å². The number of allylic oxidation sites excluding steroid dienone is 1. The number of para-hydroxylation sites is 1. The Morgan fingerprint density at radius 3 is 1.70 bits per heavy atom. The van der Waals surface area contributed by atoms with E-state index in [4.69, 9.17) is 9.97 Å². The van der Waals surface area contributed by atoms with Crippen LogP contribution >= 0.6 is 0 Å². The molecule has 1 aliphatic rings. The highest BCUT2D eigenvalue weighted by Crippen LogP contribution is 2.45. The Bertz CT molecular complexity index is 2770. The Morgan fingerprint density at radius 2 is 1.04 bits per heavy atom. The molecule has 0 spiro atoms. The van der Waals surface area contributed by atoms with Crippen molar-refractivity contribution < 1.29 is 0 Å². The number of pyridine rings is 3. The fraction of sp³-hybridized carbons (Fsp3) is 0.0600. The normalized spacial score (nSPS) is 11.3. The fourth-order valence-electron chi connectivity index (χ4n) is 7.72. The van der Waals surface area contributed by atoms with Gasteiger partial charge in [0.1, 0.15) is 0 Å². The summed E-state index contributed by atoms with van der Waals surface area (Å²) in [6.07, 6.45) is 8.22. The zero-order valence-electron chi connectivity index (χ0n) is 29.4. The summed E-state index contributed by atoms with van der Waals surface area (Å²) in [5, 5.41) is 2.46. The van der Waals surface area contributed by atoms with Gasteiger partial charge in [0.15, 0.2) is 0 Å². The van der Waals surface area contributed by atoms with Crippen molar-refractivity contribution in [1.29, 1.82) is 0 Å². The molecule has 10 rings (SSSR count).